The Bertz CT molecular complexity index is 374. The molecule has 114 valence electrons. The lowest BCUT2D eigenvalue weighted by molar-refractivity contribution is -0.153. The molecule has 0 radical (unpaired) electrons. The van der Waals surface area contributed by atoms with Crippen LogP contribution in [0.4, 0.5) is 0 Å². The maximum Gasteiger partial charge on any atom is 0.145 e. The van der Waals surface area contributed by atoms with E-state index in [2.05, 4.69) is 49.4 Å². The van der Waals surface area contributed by atoms with Crippen LogP contribution < -0.4 is 0 Å². The van der Waals surface area contributed by atoms with Crippen molar-refractivity contribution in [3.8, 4) is 0 Å². The molecule has 4 nitrogen and oxygen atoms in total. The van der Waals surface area contributed by atoms with Gasteiger partial charge in [-0.15, -0.1) is 0 Å². The Balaban J connectivity index is 1.87. The predicted octanol–water partition coefficient (Wildman–Crippen LogP) is 0.922. The molecule has 3 rings (SSSR count). The van der Waals surface area contributed by atoms with Gasteiger partial charge in [-0.3, -0.25) is 9.69 Å². The molecule has 0 aromatic carbocycles. The first kappa shape index (κ1) is 14.5. The Morgan fingerprint density at radius 3 is 1.55 bits per heavy atom. The Morgan fingerprint density at radius 1 is 0.900 bits per heavy atom. The molecule has 3 heterocycles. The standard InChI is InChI=1S/C16H29N3O/c1-15(2)12(10-18-6-7-18)14(20)13(11-19-8-9-19)16(3,4)17(15)5/h12-13H,6-11H2,1-5H3/t12-,13-/m0/s1. The fraction of sp³-hybridized carbons (Fsp3) is 0.938. The van der Waals surface area contributed by atoms with Crippen LogP contribution in [0.2, 0.25) is 0 Å². The zero-order valence-corrected chi connectivity index (χ0v) is 13.6. The number of hydrogen-bond donors (Lipinski definition) is 0. The van der Waals surface area contributed by atoms with Crippen LogP contribution in [-0.4, -0.2) is 77.9 Å². The van der Waals surface area contributed by atoms with Crippen LogP contribution in [0.3, 0.4) is 0 Å². The minimum absolute atomic E-state index is 0.0570. The maximum absolute atomic E-state index is 13.1. The van der Waals surface area contributed by atoms with Crippen LogP contribution in [-0.2, 0) is 4.79 Å². The van der Waals surface area contributed by atoms with Crippen LogP contribution in [0.1, 0.15) is 27.7 Å². The van der Waals surface area contributed by atoms with E-state index >= 15 is 0 Å². The van der Waals surface area contributed by atoms with Crippen molar-refractivity contribution in [2.24, 2.45) is 11.8 Å². The molecule has 0 saturated carbocycles. The SMILES string of the molecule is CN1C(C)(C)[C@@H](CN2CC2)C(=O)[C@H](CN2CC2)C1(C)C. The second-order valence-electron chi connectivity index (χ2n) is 7.98. The van der Waals surface area contributed by atoms with Crippen molar-refractivity contribution in [2.45, 2.75) is 38.8 Å². The normalized spacial score (nSPS) is 37.1. The summed E-state index contributed by atoms with van der Waals surface area (Å²) in [5, 5.41) is 0. The van der Waals surface area contributed by atoms with E-state index in [1.54, 1.807) is 0 Å². The van der Waals surface area contributed by atoms with Crippen LogP contribution in [0.25, 0.3) is 0 Å². The summed E-state index contributed by atoms with van der Waals surface area (Å²) in [4.78, 5) is 20.4. The lowest BCUT2D eigenvalue weighted by Crippen LogP contribution is -2.70. The minimum Gasteiger partial charge on any atom is -0.300 e. The molecule has 3 saturated heterocycles. The number of hydrogen-bond acceptors (Lipinski definition) is 4. The number of carbonyl (C=O) groups is 1. The fourth-order valence-electron chi connectivity index (χ4n) is 3.80. The van der Waals surface area contributed by atoms with Crippen LogP contribution in [0, 0.1) is 11.8 Å². The number of ketones is 1. The van der Waals surface area contributed by atoms with Gasteiger partial charge in [-0.1, -0.05) is 0 Å². The summed E-state index contributed by atoms with van der Waals surface area (Å²) in [5.41, 5.74) is -0.114. The van der Waals surface area contributed by atoms with Gasteiger partial charge in [0, 0.05) is 62.2 Å². The first-order valence-electron chi connectivity index (χ1n) is 7.97. The topological polar surface area (TPSA) is 26.3 Å². The monoisotopic (exact) mass is 279 g/mol. The van der Waals surface area contributed by atoms with Gasteiger partial charge in [0.2, 0.25) is 0 Å². The summed E-state index contributed by atoms with van der Waals surface area (Å²) < 4.78 is 0. The quantitative estimate of drug-likeness (QED) is 0.715. The number of likely N-dealkylation sites (tertiary alicyclic amines) is 1. The highest BCUT2D eigenvalue weighted by Crippen LogP contribution is 2.43. The number of rotatable bonds is 4. The van der Waals surface area contributed by atoms with Crippen molar-refractivity contribution in [3.63, 3.8) is 0 Å². The number of nitrogens with zero attached hydrogens (tertiary/aromatic N) is 3. The second kappa shape index (κ2) is 4.52. The van der Waals surface area contributed by atoms with E-state index in [0.29, 0.717) is 5.78 Å². The van der Waals surface area contributed by atoms with Gasteiger partial charge in [-0.2, -0.15) is 0 Å². The lowest BCUT2D eigenvalue weighted by Gasteiger charge is -2.57. The summed E-state index contributed by atoms with van der Waals surface area (Å²) in [6.45, 7) is 15.6. The highest BCUT2D eigenvalue weighted by Gasteiger charge is 2.56. The van der Waals surface area contributed by atoms with E-state index in [1.807, 2.05) is 0 Å². The van der Waals surface area contributed by atoms with E-state index < -0.39 is 0 Å². The molecule has 0 N–H and O–H groups in total. The molecule has 4 heteroatoms. The minimum atomic E-state index is -0.0570. The van der Waals surface area contributed by atoms with E-state index in [0.717, 1.165) is 13.1 Å². The van der Waals surface area contributed by atoms with Gasteiger partial charge in [0.05, 0.1) is 0 Å². The molecule has 20 heavy (non-hydrogen) atoms. The van der Waals surface area contributed by atoms with E-state index in [4.69, 9.17) is 0 Å². The molecule has 3 aliphatic heterocycles. The van der Waals surface area contributed by atoms with Gasteiger partial charge in [-0.05, 0) is 34.7 Å². The van der Waals surface area contributed by atoms with Gasteiger partial charge in [0.15, 0.2) is 0 Å². The number of piperidine rings is 1. The zero-order valence-electron chi connectivity index (χ0n) is 13.6. The van der Waals surface area contributed by atoms with E-state index in [-0.39, 0.29) is 22.9 Å². The third-order valence-electron chi connectivity index (χ3n) is 6.08. The summed E-state index contributed by atoms with van der Waals surface area (Å²) in [5.74, 6) is 0.790. The van der Waals surface area contributed by atoms with Crippen LogP contribution >= 0.6 is 0 Å². The Kier molecular flexibility index (Phi) is 3.27. The molecule has 0 amide bonds. The lowest BCUT2D eigenvalue weighted by atomic mass is 9.66. The summed E-state index contributed by atoms with van der Waals surface area (Å²) in [6.07, 6.45) is 0. The van der Waals surface area contributed by atoms with Crippen molar-refractivity contribution in [1.82, 2.24) is 14.7 Å². The van der Waals surface area contributed by atoms with Gasteiger partial charge in [-0.25, -0.2) is 0 Å². The smallest absolute Gasteiger partial charge is 0.145 e. The molecule has 3 fully saturated rings. The Hall–Kier alpha value is -0.450. The maximum atomic E-state index is 13.1. The van der Waals surface area contributed by atoms with Crippen molar-refractivity contribution in [1.29, 1.82) is 0 Å². The molecular formula is C16H29N3O. The third-order valence-corrected chi connectivity index (χ3v) is 6.08. The molecule has 0 unspecified atom stereocenters. The average molecular weight is 279 g/mol. The van der Waals surface area contributed by atoms with Gasteiger partial charge < -0.3 is 9.80 Å². The fourth-order valence-corrected chi connectivity index (χ4v) is 3.80. The summed E-state index contributed by atoms with van der Waals surface area (Å²) in [6, 6.07) is 0. The van der Waals surface area contributed by atoms with Gasteiger partial charge >= 0.3 is 0 Å². The predicted molar refractivity (Wildman–Crippen MR) is 80.8 cm³/mol. The molecule has 0 bridgehead atoms. The highest BCUT2D eigenvalue weighted by atomic mass is 16.1. The van der Waals surface area contributed by atoms with Crippen LogP contribution in [0.5, 0.6) is 0 Å². The Labute approximate surface area is 123 Å². The first-order valence-corrected chi connectivity index (χ1v) is 7.97. The molecule has 0 aliphatic carbocycles. The van der Waals surface area contributed by atoms with E-state index in [1.165, 1.54) is 26.2 Å². The van der Waals surface area contributed by atoms with Crippen molar-refractivity contribution in [3.05, 3.63) is 0 Å². The Morgan fingerprint density at radius 2 is 1.25 bits per heavy atom. The number of Topliss-reactive ketones (excluding diaryl/α,β-unsaturated/α-hetero) is 1. The third kappa shape index (κ3) is 2.32. The molecule has 0 aromatic heterocycles. The average Bonchev–Trinajstić information content (AvgIpc) is 3.24. The highest BCUT2D eigenvalue weighted by molar-refractivity contribution is 5.87. The molecule has 0 aromatic rings. The van der Waals surface area contributed by atoms with Crippen molar-refractivity contribution < 1.29 is 4.79 Å². The van der Waals surface area contributed by atoms with E-state index in [9.17, 15) is 4.79 Å². The molecule has 2 atom stereocenters. The van der Waals surface area contributed by atoms with Crippen molar-refractivity contribution in [2.75, 3.05) is 46.3 Å². The summed E-state index contributed by atoms with van der Waals surface area (Å²) in [7, 11) is 2.21. The largest absolute Gasteiger partial charge is 0.300 e. The molecular weight excluding hydrogens is 250 g/mol. The van der Waals surface area contributed by atoms with Crippen LogP contribution in [0.15, 0.2) is 0 Å². The molecule has 0 spiro atoms. The first-order chi connectivity index (χ1) is 9.24. The zero-order chi connectivity index (χ0) is 14.7. The van der Waals surface area contributed by atoms with Gasteiger partial charge in [0.1, 0.15) is 5.78 Å². The second-order valence-corrected chi connectivity index (χ2v) is 7.98. The molecule has 3 aliphatic rings. The summed E-state index contributed by atoms with van der Waals surface area (Å²) >= 11 is 0. The van der Waals surface area contributed by atoms with Gasteiger partial charge in [0.25, 0.3) is 0 Å². The number of carbonyl (C=O) groups excluding carboxylic acids is 1. The van der Waals surface area contributed by atoms with Crippen molar-refractivity contribution >= 4 is 5.78 Å².